The van der Waals surface area contributed by atoms with E-state index >= 15 is 0 Å². The molecule has 1 aliphatic rings. The third-order valence-corrected chi connectivity index (χ3v) is 6.48. The van der Waals surface area contributed by atoms with Gasteiger partial charge in [0, 0.05) is 11.1 Å². The van der Waals surface area contributed by atoms with Crippen molar-refractivity contribution in [2.45, 2.75) is 38.2 Å². The summed E-state index contributed by atoms with van der Waals surface area (Å²) in [5.74, 6) is 0.303. The first-order valence-electron chi connectivity index (χ1n) is 11.6. The molecule has 0 saturated heterocycles. The van der Waals surface area contributed by atoms with Crippen LogP contribution in [-0.2, 0) is 16.0 Å². The molecule has 3 aromatic carbocycles. The average Bonchev–Trinajstić information content (AvgIpc) is 2.88. The SMILES string of the molecule is COc1cccc(CC2CCCCC2C(=O)OC(C(=O)c2ccccc2)c2ccccc2)c1. The summed E-state index contributed by atoms with van der Waals surface area (Å²) in [7, 11) is 1.66. The quantitative estimate of drug-likeness (QED) is 0.307. The van der Waals surface area contributed by atoms with Gasteiger partial charge in [-0.15, -0.1) is 0 Å². The second-order valence-electron chi connectivity index (χ2n) is 8.66. The molecule has 0 heterocycles. The summed E-state index contributed by atoms with van der Waals surface area (Å²) in [5, 5.41) is 0. The molecule has 0 aromatic heterocycles. The van der Waals surface area contributed by atoms with Gasteiger partial charge in [0.1, 0.15) is 5.75 Å². The van der Waals surface area contributed by atoms with Crippen molar-refractivity contribution in [1.82, 2.24) is 0 Å². The van der Waals surface area contributed by atoms with Gasteiger partial charge in [-0.25, -0.2) is 0 Å². The Kier molecular flexibility index (Phi) is 7.56. The maximum atomic E-state index is 13.4. The number of ether oxygens (including phenoxy) is 2. The Morgan fingerprint density at radius 3 is 2.30 bits per heavy atom. The lowest BCUT2D eigenvalue weighted by molar-refractivity contribution is -0.155. The zero-order valence-electron chi connectivity index (χ0n) is 19.0. The first kappa shape index (κ1) is 22.8. The van der Waals surface area contributed by atoms with E-state index in [0.29, 0.717) is 11.1 Å². The lowest BCUT2D eigenvalue weighted by Gasteiger charge is -2.31. The lowest BCUT2D eigenvalue weighted by Crippen LogP contribution is -2.32. The summed E-state index contributed by atoms with van der Waals surface area (Å²) in [4.78, 5) is 26.8. The lowest BCUT2D eigenvalue weighted by atomic mass is 9.76. The van der Waals surface area contributed by atoms with E-state index in [1.807, 2.05) is 66.7 Å². The fraction of sp³-hybridized carbons (Fsp3) is 0.310. The van der Waals surface area contributed by atoms with Crippen molar-refractivity contribution >= 4 is 11.8 Å². The third-order valence-electron chi connectivity index (χ3n) is 6.48. The van der Waals surface area contributed by atoms with E-state index in [9.17, 15) is 9.59 Å². The normalized spacial score (nSPS) is 18.8. The number of benzene rings is 3. The minimum Gasteiger partial charge on any atom is -0.497 e. The Morgan fingerprint density at radius 2 is 1.58 bits per heavy atom. The Hall–Kier alpha value is -3.40. The second kappa shape index (κ2) is 11.0. The van der Waals surface area contributed by atoms with Crippen LogP contribution in [0.2, 0.25) is 0 Å². The highest BCUT2D eigenvalue weighted by Gasteiger charge is 2.35. The topological polar surface area (TPSA) is 52.6 Å². The summed E-state index contributed by atoms with van der Waals surface area (Å²) < 4.78 is 11.4. The Labute approximate surface area is 195 Å². The maximum Gasteiger partial charge on any atom is 0.310 e. The van der Waals surface area contributed by atoms with E-state index < -0.39 is 6.10 Å². The van der Waals surface area contributed by atoms with Crippen LogP contribution in [0.25, 0.3) is 0 Å². The van der Waals surface area contributed by atoms with Gasteiger partial charge in [0.15, 0.2) is 6.10 Å². The molecule has 3 unspecified atom stereocenters. The van der Waals surface area contributed by atoms with E-state index in [2.05, 4.69) is 6.07 Å². The first-order chi connectivity index (χ1) is 16.2. The zero-order valence-corrected chi connectivity index (χ0v) is 19.0. The molecule has 1 aliphatic carbocycles. The summed E-state index contributed by atoms with van der Waals surface area (Å²) in [6.45, 7) is 0. The van der Waals surface area contributed by atoms with E-state index in [4.69, 9.17) is 9.47 Å². The predicted octanol–water partition coefficient (Wildman–Crippen LogP) is 6.21. The van der Waals surface area contributed by atoms with Crippen molar-refractivity contribution in [3.05, 3.63) is 102 Å². The van der Waals surface area contributed by atoms with Gasteiger partial charge < -0.3 is 9.47 Å². The van der Waals surface area contributed by atoms with Gasteiger partial charge >= 0.3 is 5.97 Å². The first-order valence-corrected chi connectivity index (χ1v) is 11.6. The Bertz CT molecular complexity index is 1060. The molecule has 0 spiro atoms. The van der Waals surface area contributed by atoms with Crippen LogP contribution in [0.15, 0.2) is 84.9 Å². The van der Waals surface area contributed by atoms with Crippen LogP contribution < -0.4 is 4.74 Å². The molecule has 4 rings (SSSR count). The van der Waals surface area contributed by atoms with Crippen LogP contribution in [0.1, 0.15) is 53.3 Å². The number of rotatable bonds is 8. The van der Waals surface area contributed by atoms with E-state index in [0.717, 1.165) is 43.4 Å². The molecule has 3 aromatic rings. The van der Waals surface area contributed by atoms with Gasteiger partial charge in [0.25, 0.3) is 0 Å². The maximum absolute atomic E-state index is 13.4. The molecule has 0 radical (unpaired) electrons. The minimum atomic E-state index is -0.944. The van der Waals surface area contributed by atoms with Crippen LogP contribution in [0, 0.1) is 11.8 Å². The highest BCUT2D eigenvalue weighted by atomic mass is 16.5. The fourth-order valence-corrected chi connectivity index (χ4v) is 4.72. The van der Waals surface area contributed by atoms with Crippen LogP contribution in [0.5, 0.6) is 5.75 Å². The number of carbonyl (C=O) groups is 2. The Morgan fingerprint density at radius 1 is 0.879 bits per heavy atom. The van der Waals surface area contributed by atoms with Crippen LogP contribution in [-0.4, -0.2) is 18.9 Å². The molecule has 33 heavy (non-hydrogen) atoms. The standard InChI is InChI=1S/C29H30O4/c1-32-25-17-10-11-21(20-25)19-24-16-8-9-18-26(24)29(31)33-28(23-14-6-3-7-15-23)27(30)22-12-4-2-5-13-22/h2-7,10-15,17,20,24,26,28H,8-9,16,18-19H2,1H3. The smallest absolute Gasteiger partial charge is 0.310 e. The number of hydrogen-bond donors (Lipinski definition) is 0. The van der Waals surface area contributed by atoms with Crippen LogP contribution in [0.4, 0.5) is 0 Å². The van der Waals surface area contributed by atoms with Gasteiger partial charge in [-0.2, -0.15) is 0 Å². The largest absolute Gasteiger partial charge is 0.497 e. The number of Topliss-reactive ketones (excluding diaryl/α,β-unsaturated/α-hetero) is 1. The van der Waals surface area contributed by atoms with Crippen molar-refractivity contribution in [2.75, 3.05) is 7.11 Å². The van der Waals surface area contributed by atoms with Crippen molar-refractivity contribution in [3.63, 3.8) is 0 Å². The highest BCUT2D eigenvalue weighted by molar-refractivity contribution is 6.01. The second-order valence-corrected chi connectivity index (χ2v) is 8.66. The molecular weight excluding hydrogens is 412 g/mol. The molecule has 1 fully saturated rings. The van der Waals surface area contributed by atoms with Gasteiger partial charge in [-0.3, -0.25) is 9.59 Å². The molecule has 0 bridgehead atoms. The number of carbonyl (C=O) groups excluding carboxylic acids is 2. The third kappa shape index (κ3) is 5.70. The van der Waals surface area contributed by atoms with Crippen molar-refractivity contribution in [1.29, 1.82) is 0 Å². The molecule has 170 valence electrons. The van der Waals surface area contributed by atoms with Gasteiger partial charge in [-0.1, -0.05) is 85.6 Å². The van der Waals surface area contributed by atoms with Gasteiger partial charge in [0.2, 0.25) is 5.78 Å². The molecular formula is C29H30O4. The molecule has 4 heteroatoms. The average molecular weight is 443 g/mol. The number of esters is 1. The fourth-order valence-electron chi connectivity index (χ4n) is 4.72. The molecule has 0 amide bonds. The van der Waals surface area contributed by atoms with Crippen molar-refractivity contribution in [2.24, 2.45) is 11.8 Å². The van der Waals surface area contributed by atoms with Gasteiger partial charge in [-0.05, 0) is 42.9 Å². The summed E-state index contributed by atoms with van der Waals surface area (Å²) in [6.07, 6.45) is 3.70. The van der Waals surface area contributed by atoms with E-state index in [1.165, 1.54) is 0 Å². The summed E-state index contributed by atoms with van der Waals surface area (Å²) >= 11 is 0. The number of hydrogen-bond acceptors (Lipinski definition) is 4. The van der Waals surface area contributed by atoms with E-state index in [-0.39, 0.29) is 23.6 Å². The van der Waals surface area contributed by atoms with Crippen LogP contribution >= 0.6 is 0 Å². The predicted molar refractivity (Wildman–Crippen MR) is 128 cm³/mol. The van der Waals surface area contributed by atoms with Crippen molar-refractivity contribution < 1.29 is 19.1 Å². The molecule has 4 nitrogen and oxygen atoms in total. The zero-order chi connectivity index (χ0) is 23.0. The highest BCUT2D eigenvalue weighted by Crippen LogP contribution is 2.35. The minimum absolute atomic E-state index is 0.182. The summed E-state index contributed by atoms with van der Waals surface area (Å²) in [6, 6.07) is 26.3. The molecule has 0 aliphatic heterocycles. The monoisotopic (exact) mass is 442 g/mol. The van der Waals surface area contributed by atoms with Crippen LogP contribution in [0.3, 0.4) is 0 Å². The van der Waals surface area contributed by atoms with Crippen molar-refractivity contribution in [3.8, 4) is 5.75 Å². The molecule has 3 atom stereocenters. The summed E-state index contributed by atoms with van der Waals surface area (Å²) in [5.41, 5.74) is 2.38. The number of methoxy groups -OCH3 is 1. The Balaban J connectivity index is 1.54. The molecule has 1 saturated carbocycles. The molecule has 0 N–H and O–H groups in total. The number of ketones is 1. The van der Waals surface area contributed by atoms with E-state index in [1.54, 1.807) is 19.2 Å². The van der Waals surface area contributed by atoms with Gasteiger partial charge in [0.05, 0.1) is 13.0 Å².